The third-order valence-electron chi connectivity index (χ3n) is 4.95. The van der Waals surface area contributed by atoms with Gasteiger partial charge in [0.2, 0.25) is 0 Å². The first-order valence-electron chi connectivity index (χ1n) is 10.4. The van der Waals surface area contributed by atoms with Gasteiger partial charge < -0.3 is 24.2 Å². The molecule has 1 saturated heterocycles. The second-order valence-electron chi connectivity index (χ2n) is 7.55. The van der Waals surface area contributed by atoms with Crippen LogP contribution in [0.25, 0.3) is 0 Å². The minimum atomic E-state index is -4.53. The Labute approximate surface area is 186 Å². The molecule has 1 aromatic rings. The molecule has 1 fully saturated rings. The lowest BCUT2D eigenvalue weighted by molar-refractivity contribution is -0.137. The summed E-state index contributed by atoms with van der Waals surface area (Å²) < 4.78 is 55.3. The fourth-order valence-corrected chi connectivity index (χ4v) is 3.43. The maximum atomic E-state index is 13.0. The number of β-amino-alcohol motifs (C(OH)–C–C–N with tert-alkyl or cyclic N) is 1. The van der Waals surface area contributed by atoms with E-state index in [1.807, 2.05) is 4.90 Å². The largest absolute Gasteiger partial charge is 0.416 e. The lowest BCUT2D eigenvalue weighted by Crippen LogP contribution is -2.51. The van der Waals surface area contributed by atoms with Crippen molar-refractivity contribution in [3.05, 3.63) is 48.0 Å². The van der Waals surface area contributed by atoms with Gasteiger partial charge in [-0.2, -0.15) is 13.2 Å². The Balaban J connectivity index is 2.02. The monoisotopic (exact) mass is 460 g/mol. The number of methoxy groups -OCH3 is 1. The van der Waals surface area contributed by atoms with Crippen LogP contribution in [-0.4, -0.2) is 99.3 Å². The van der Waals surface area contributed by atoms with Crippen molar-refractivity contribution in [3.63, 3.8) is 0 Å². The van der Waals surface area contributed by atoms with Crippen LogP contribution in [0.15, 0.2) is 36.9 Å². The Kier molecular flexibility index (Phi) is 10.6. The molecule has 0 radical (unpaired) electrons. The van der Waals surface area contributed by atoms with E-state index in [0.717, 1.165) is 12.1 Å². The van der Waals surface area contributed by atoms with Crippen molar-refractivity contribution in [2.45, 2.75) is 18.4 Å². The molecule has 1 aliphatic rings. The average Bonchev–Trinajstić information content (AvgIpc) is 2.76. The molecule has 2 rings (SSSR count). The predicted molar refractivity (Wildman–Crippen MR) is 112 cm³/mol. The van der Waals surface area contributed by atoms with Gasteiger partial charge >= 0.3 is 6.18 Å². The summed E-state index contributed by atoms with van der Waals surface area (Å²) in [7, 11) is 1.49. The van der Waals surface area contributed by atoms with Gasteiger partial charge in [0, 0.05) is 45.4 Å². The smallest absolute Gasteiger partial charge is 0.389 e. The quantitative estimate of drug-likeness (QED) is 0.380. The topological polar surface area (TPSA) is 71.5 Å². The molecule has 1 aromatic carbocycles. The lowest BCUT2D eigenvalue weighted by atomic mass is 10.1. The molecule has 7 nitrogen and oxygen atoms in total. The number of alkyl halides is 3. The molecule has 180 valence electrons. The average molecular weight is 460 g/mol. The van der Waals surface area contributed by atoms with Crippen molar-refractivity contribution in [2.75, 3.05) is 66.3 Å². The Bertz CT molecular complexity index is 732. The van der Waals surface area contributed by atoms with E-state index in [1.165, 1.54) is 24.1 Å². The van der Waals surface area contributed by atoms with E-state index in [0.29, 0.717) is 32.8 Å². The second-order valence-corrected chi connectivity index (χ2v) is 7.55. The first-order chi connectivity index (χ1) is 15.2. The van der Waals surface area contributed by atoms with E-state index in [1.54, 1.807) is 6.08 Å². The SMILES string of the molecule is C=CCOC[C@@H](O)CN1CCO[C@@H](CN(CCOC)C(=O)c2cccc(C(F)(F)F)c2)C1. The van der Waals surface area contributed by atoms with Crippen molar-refractivity contribution in [1.82, 2.24) is 9.80 Å². The summed E-state index contributed by atoms with van der Waals surface area (Å²) in [4.78, 5) is 16.4. The van der Waals surface area contributed by atoms with Gasteiger partial charge in [-0.15, -0.1) is 6.58 Å². The first-order valence-corrected chi connectivity index (χ1v) is 10.4. The van der Waals surface area contributed by atoms with Crippen molar-refractivity contribution >= 4 is 5.91 Å². The number of morpholine rings is 1. The number of rotatable bonds is 12. The van der Waals surface area contributed by atoms with Crippen LogP contribution in [0.2, 0.25) is 0 Å². The van der Waals surface area contributed by atoms with E-state index in [9.17, 15) is 23.1 Å². The number of aliphatic hydroxyl groups excluding tert-OH is 1. The van der Waals surface area contributed by atoms with Crippen molar-refractivity contribution in [1.29, 1.82) is 0 Å². The molecule has 1 aliphatic heterocycles. The number of ether oxygens (including phenoxy) is 3. The fourth-order valence-electron chi connectivity index (χ4n) is 3.43. The zero-order valence-corrected chi connectivity index (χ0v) is 18.2. The maximum absolute atomic E-state index is 13.0. The number of aliphatic hydroxyl groups is 1. The highest BCUT2D eigenvalue weighted by Crippen LogP contribution is 2.29. The van der Waals surface area contributed by atoms with Crippen LogP contribution >= 0.6 is 0 Å². The molecule has 1 N–H and O–H groups in total. The molecule has 1 amide bonds. The van der Waals surface area contributed by atoms with Crippen molar-refractivity contribution in [3.8, 4) is 0 Å². The lowest BCUT2D eigenvalue weighted by Gasteiger charge is -2.36. The summed E-state index contributed by atoms with van der Waals surface area (Å²) in [5.41, 5.74) is -0.916. The van der Waals surface area contributed by atoms with Crippen LogP contribution < -0.4 is 0 Å². The standard InChI is InChI=1S/C22H31F3N2O5/c1-3-9-31-16-19(28)13-26-7-11-32-20(14-26)15-27(8-10-30-2)21(29)17-5-4-6-18(12-17)22(23,24)25/h3-6,12,19-20,28H,1,7-11,13-16H2,2H3/t19-,20+/m0/s1. The van der Waals surface area contributed by atoms with E-state index in [-0.39, 0.29) is 38.0 Å². The van der Waals surface area contributed by atoms with Crippen LogP contribution in [-0.2, 0) is 20.4 Å². The van der Waals surface area contributed by atoms with Gasteiger partial charge in [-0.1, -0.05) is 12.1 Å². The van der Waals surface area contributed by atoms with Crippen molar-refractivity contribution < 1.29 is 37.3 Å². The predicted octanol–water partition coefficient (Wildman–Crippen LogP) is 2.06. The number of hydrogen-bond donors (Lipinski definition) is 1. The van der Waals surface area contributed by atoms with Gasteiger partial charge in [-0.3, -0.25) is 9.69 Å². The van der Waals surface area contributed by atoms with Crippen molar-refractivity contribution in [2.24, 2.45) is 0 Å². The molecule has 0 bridgehead atoms. The van der Waals surface area contributed by atoms with E-state index >= 15 is 0 Å². The van der Waals surface area contributed by atoms with E-state index < -0.39 is 23.8 Å². The highest BCUT2D eigenvalue weighted by Gasteiger charge is 2.32. The van der Waals surface area contributed by atoms with Gasteiger partial charge in [0.25, 0.3) is 5.91 Å². The fraction of sp³-hybridized carbons (Fsp3) is 0.591. The van der Waals surface area contributed by atoms with Gasteiger partial charge in [0.1, 0.15) is 0 Å². The molecule has 32 heavy (non-hydrogen) atoms. The molecule has 2 atom stereocenters. The molecule has 0 saturated carbocycles. The minimum absolute atomic E-state index is 0.0432. The Morgan fingerprint density at radius 2 is 2.25 bits per heavy atom. The molecule has 1 heterocycles. The summed E-state index contributed by atoms with van der Waals surface area (Å²) >= 11 is 0. The van der Waals surface area contributed by atoms with Crippen LogP contribution in [0.5, 0.6) is 0 Å². The minimum Gasteiger partial charge on any atom is -0.389 e. The van der Waals surface area contributed by atoms with Gasteiger partial charge in [0.05, 0.1) is 44.2 Å². The molecular weight excluding hydrogens is 429 g/mol. The number of carbonyl (C=O) groups excluding carboxylic acids is 1. The third kappa shape index (κ3) is 8.51. The highest BCUT2D eigenvalue weighted by molar-refractivity contribution is 5.94. The third-order valence-corrected chi connectivity index (χ3v) is 4.95. The van der Waals surface area contributed by atoms with Gasteiger partial charge in [0.15, 0.2) is 0 Å². The Hall–Kier alpha value is -1.98. The normalized spacial score (nSPS) is 18.3. The molecule has 0 aliphatic carbocycles. The molecular formula is C22H31F3N2O5. The number of benzene rings is 1. The summed E-state index contributed by atoms with van der Waals surface area (Å²) in [6.45, 7) is 6.63. The summed E-state index contributed by atoms with van der Waals surface area (Å²) in [6, 6.07) is 4.38. The van der Waals surface area contributed by atoms with E-state index in [4.69, 9.17) is 14.2 Å². The van der Waals surface area contributed by atoms with Crippen LogP contribution in [0.1, 0.15) is 15.9 Å². The number of nitrogens with zero attached hydrogens (tertiary/aromatic N) is 2. The molecule has 10 heteroatoms. The van der Waals surface area contributed by atoms with Crippen LogP contribution in [0, 0.1) is 0 Å². The number of amides is 1. The molecule has 0 unspecified atom stereocenters. The zero-order chi connectivity index (χ0) is 23.6. The van der Waals surface area contributed by atoms with Crippen LogP contribution in [0.4, 0.5) is 13.2 Å². The summed E-state index contributed by atoms with van der Waals surface area (Å²) in [5.74, 6) is -0.522. The first kappa shape index (κ1) is 26.3. The van der Waals surface area contributed by atoms with Crippen LogP contribution in [0.3, 0.4) is 0 Å². The Morgan fingerprint density at radius 1 is 1.47 bits per heavy atom. The second kappa shape index (κ2) is 12.9. The van der Waals surface area contributed by atoms with E-state index in [2.05, 4.69) is 6.58 Å². The highest BCUT2D eigenvalue weighted by atomic mass is 19.4. The zero-order valence-electron chi connectivity index (χ0n) is 18.2. The number of halogens is 3. The molecule has 0 aromatic heterocycles. The molecule has 0 spiro atoms. The Morgan fingerprint density at radius 3 is 2.94 bits per heavy atom. The summed E-state index contributed by atoms with van der Waals surface area (Å²) in [6.07, 6.45) is -3.95. The maximum Gasteiger partial charge on any atom is 0.416 e. The summed E-state index contributed by atoms with van der Waals surface area (Å²) in [5, 5.41) is 10.1. The number of carbonyl (C=O) groups is 1. The number of hydrogen-bond acceptors (Lipinski definition) is 6. The van der Waals surface area contributed by atoms with Gasteiger partial charge in [-0.05, 0) is 18.2 Å². The van der Waals surface area contributed by atoms with Gasteiger partial charge in [-0.25, -0.2) is 0 Å².